The van der Waals surface area contributed by atoms with Crippen molar-refractivity contribution in [3.63, 3.8) is 0 Å². The van der Waals surface area contributed by atoms with Crippen LogP contribution in [0.2, 0.25) is 0 Å². The highest BCUT2D eigenvalue weighted by molar-refractivity contribution is 9.10. The monoisotopic (exact) mass is 382 g/mol. The first-order valence-corrected chi connectivity index (χ1v) is 8.17. The molecular weight excluding hydrogens is 368 g/mol. The lowest BCUT2D eigenvalue weighted by Gasteiger charge is -2.08. The second kappa shape index (κ2) is 7.46. The summed E-state index contributed by atoms with van der Waals surface area (Å²) in [5.74, 6) is -0.369. The molecule has 0 aliphatic rings. The molecule has 0 radical (unpaired) electrons. The lowest BCUT2D eigenvalue weighted by molar-refractivity contribution is -0.119. The van der Waals surface area contributed by atoms with Crippen molar-refractivity contribution in [1.29, 1.82) is 0 Å². The van der Waals surface area contributed by atoms with Gasteiger partial charge in [-0.15, -0.1) is 0 Å². The van der Waals surface area contributed by atoms with Crippen LogP contribution < -0.4 is 10.6 Å². The summed E-state index contributed by atoms with van der Waals surface area (Å²) in [6.45, 7) is 1.71. The number of nitrogens with one attached hydrogen (secondary N) is 3. The summed E-state index contributed by atoms with van der Waals surface area (Å²) in [5.41, 5.74) is 1.87. The summed E-state index contributed by atoms with van der Waals surface area (Å²) in [6.07, 6.45) is 1.72. The van der Waals surface area contributed by atoms with Crippen LogP contribution in [-0.4, -0.2) is 34.2 Å². The standard InChI is InChI=1S/C14H15BrN4O2S/c1-8(12(20)19-13(21)16-2)22-14-17-7-11(18-14)9-3-5-10(15)6-4-9/h3-8H,1-2H3,(H,17,18)(H2,16,19,20,21)/t8-/m0/s1. The van der Waals surface area contributed by atoms with E-state index in [1.165, 1.54) is 18.8 Å². The maximum absolute atomic E-state index is 11.8. The van der Waals surface area contributed by atoms with Crippen LogP contribution >= 0.6 is 27.7 Å². The molecule has 0 fully saturated rings. The van der Waals surface area contributed by atoms with Gasteiger partial charge < -0.3 is 10.3 Å². The van der Waals surface area contributed by atoms with E-state index in [9.17, 15) is 9.59 Å². The van der Waals surface area contributed by atoms with E-state index in [1.54, 1.807) is 13.1 Å². The number of hydrogen-bond acceptors (Lipinski definition) is 4. The molecule has 116 valence electrons. The van der Waals surface area contributed by atoms with Crippen LogP contribution in [0, 0.1) is 0 Å². The third-order valence-electron chi connectivity index (χ3n) is 2.83. The zero-order valence-electron chi connectivity index (χ0n) is 12.0. The number of aromatic amines is 1. The highest BCUT2D eigenvalue weighted by Crippen LogP contribution is 2.25. The van der Waals surface area contributed by atoms with Crippen LogP contribution in [-0.2, 0) is 4.79 Å². The Balaban J connectivity index is 2.01. The normalized spacial score (nSPS) is 11.8. The van der Waals surface area contributed by atoms with E-state index in [0.717, 1.165) is 15.7 Å². The van der Waals surface area contributed by atoms with Crippen LogP contribution in [0.5, 0.6) is 0 Å². The maximum Gasteiger partial charge on any atom is 0.321 e. The summed E-state index contributed by atoms with van der Waals surface area (Å²) < 4.78 is 1.00. The number of thioether (sulfide) groups is 1. The molecule has 1 aromatic heterocycles. The molecule has 0 saturated heterocycles. The van der Waals surface area contributed by atoms with Crippen molar-refractivity contribution in [3.05, 3.63) is 34.9 Å². The fraction of sp³-hybridized carbons (Fsp3) is 0.214. The first-order valence-electron chi connectivity index (χ1n) is 6.49. The average molecular weight is 383 g/mol. The molecule has 3 N–H and O–H groups in total. The summed E-state index contributed by atoms with van der Waals surface area (Å²) in [4.78, 5) is 30.3. The highest BCUT2D eigenvalue weighted by Gasteiger charge is 2.18. The molecule has 6 nitrogen and oxygen atoms in total. The molecule has 0 aliphatic carbocycles. The van der Waals surface area contributed by atoms with Crippen molar-refractivity contribution in [2.24, 2.45) is 0 Å². The van der Waals surface area contributed by atoms with Crippen molar-refractivity contribution in [1.82, 2.24) is 20.6 Å². The predicted molar refractivity (Wildman–Crippen MR) is 89.6 cm³/mol. The number of nitrogens with zero attached hydrogens (tertiary/aromatic N) is 1. The van der Waals surface area contributed by atoms with E-state index in [0.29, 0.717) is 5.16 Å². The number of halogens is 1. The van der Waals surface area contributed by atoms with E-state index in [-0.39, 0.29) is 5.91 Å². The minimum atomic E-state index is -0.521. The molecule has 1 aromatic carbocycles. The van der Waals surface area contributed by atoms with Crippen LogP contribution in [0.1, 0.15) is 6.92 Å². The first-order chi connectivity index (χ1) is 10.5. The second-order valence-electron chi connectivity index (χ2n) is 4.44. The number of hydrogen-bond donors (Lipinski definition) is 3. The highest BCUT2D eigenvalue weighted by atomic mass is 79.9. The maximum atomic E-state index is 11.8. The average Bonchev–Trinajstić information content (AvgIpc) is 2.96. The number of benzene rings is 1. The first kappa shape index (κ1) is 16.6. The number of carbonyl (C=O) groups is 2. The quantitative estimate of drug-likeness (QED) is 0.709. The molecular formula is C14H15BrN4O2S. The van der Waals surface area contributed by atoms with Gasteiger partial charge in [-0.25, -0.2) is 9.78 Å². The summed E-state index contributed by atoms with van der Waals surface area (Å²) in [5, 5.41) is 4.75. The zero-order chi connectivity index (χ0) is 16.1. The lowest BCUT2D eigenvalue weighted by atomic mass is 10.2. The molecule has 0 unspecified atom stereocenters. The Morgan fingerprint density at radius 1 is 1.32 bits per heavy atom. The van der Waals surface area contributed by atoms with Crippen LogP contribution in [0.25, 0.3) is 11.3 Å². The predicted octanol–water partition coefficient (Wildman–Crippen LogP) is 2.78. The smallest absolute Gasteiger partial charge is 0.321 e. The minimum Gasteiger partial charge on any atom is -0.341 e. The Morgan fingerprint density at radius 2 is 2.00 bits per heavy atom. The fourth-order valence-electron chi connectivity index (χ4n) is 1.64. The second-order valence-corrected chi connectivity index (χ2v) is 6.68. The number of amides is 3. The molecule has 0 saturated carbocycles. The number of rotatable bonds is 4. The van der Waals surface area contributed by atoms with Gasteiger partial charge in [-0.1, -0.05) is 39.8 Å². The molecule has 0 spiro atoms. The Bertz CT molecular complexity index is 672. The SMILES string of the molecule is CNC(=O)NC(=O)[C@H](C)Sc1ncc(-c2ccc(Br)cc2)[nH]1. The Labute approximate surface area is 140 Å². The van der Waals surface area contributed by atoms with Gasteiger partial charge in [0.05, 0.1) is 17.1 Å². The van der Waals surface area contributed by atoms with Gasteiger partial charge in [-0.2, -0.15) is 0 Å². The third kappa shape index (κ3) is 4.35. The number of imide groups is 1. The molecule has 0 bridgehead atoms. The molecule has 0 aliphatic heterocycles. The van der Waals surface area contributed by atoms with E-state index in [2.05, 4.69) is 36.5 Å². The van der Waals surface area contributed by atoms with Gasteiger partial charge in [0.25, 0.3) is 0 Å². The van der Waals surface area contributed by atoms with Crippen molar-refractivity contribution in [2.45, 2.75) is 17.3 Å². The van der Waals surface area contributed by atoms with E-state index in [4.69, 9.17) is 0 Å². The van der Waals surface area contributed by atoms with Crippen molar-refractivity contribution >= 4 is 39.6 Å². The molecule has 2 rings (SSSR count). The summed E-state index contributed by atoms with van der Waals surface area (Å²) >= 11 is 4.65. The number of imidazole rings is 1. The van der Waals surface area contributed by atoms with Gasteiger partial charge in [-0.3, -0.25) is 10.1 Å². The van der Waals surface area contributed by atoms with Crippen LogP contribution in [0.15, 0.2) is 40.1 Å². The van der Waals surface area contributed by atoms with E-state index in [1.807, 2.05) is 24.3 Å². The fourth-order valence-corrected chi connectivity index (χ4v) is 2.68. The Hall–Kier alpha value is -1.80. The summed E-state index contributed by atoms with van der Waals surface area (Å²) in [7, 11) is 1.46. The van der Waals surface area contributed by atoms with Gasteiger partial charge in [0, 0.05) is 11.5 Å². The Kier molecular flexibility index (Phi) is 5.62. The minimum absolute atomic E-state index is 0.369. The van der Waals surface area contributed by atoms with Gasteiger partial charge in [-0.05, 0) is 24.6 Å². The molecule has 3 amide bonds. The topological polar surface area (TPSA) is 86.9 Å². The Morgan fingerprint density at radius 3 is 2.64 bits per heavy atom. The molecule has 8 heteroatoms. The lowest BCUT2D eigenvalue weighted by Crippen LogP contribution is -2.41. The molecule has 2 aromatic rings. The van der Waals surface area contributed by atoms with Gasteiger partial charge in [0.1, 0.15) is 0 Å². The molecule has 22 heavy (non-hydrogen) atoms. The number of H-pyrrole nitrogens is 1. The van der Waals surface area contributed by atoms with Gasteiger partial charge in [0.2, 0.25) is 5.91 Å². The largest absolute Gasteiger partial charge is 0.341 e. The summed E-state index contributed by atoms with van der Waals surface area (Å²) in [6, 6.07) is 7.30. The van der Waals surface area contributed by atoms with Crippen molar-refractivity contribution in [2.75, 3.05) is 7.05 Å². The van der Waals surface area contributed by atoms with E-state index >= 15 is 0 Å². The van der Waals surface area contributed by atoms with Gasteiger partial charge >= 0.3 is 6.03 Å². The zero-order valence-corrected chi connectivity index (χ0v) is 14.4. The number of aromatic nitrogens is 2. The van der Waals surface area contributed by atoms with Gasteiger partial charge in [0.15, 0.2) is 5.16 Å². The number of carbonyl (C=O) groups excluding carboxylic acids is 2. The van der Waals surface area contributed by atoms with Crippen LogP contribution in [0.3, 0.4) is 0 Å². The number of urea groups is 1. The van der Waals surface area contributed by atoms with Crippen molar-refractivity contribution in [3.8, 4) is 11.3 Å². The van der Waals surface area contributed by atoms with E-state index < -0.39 is 11.3 Å². The molecule has 1 heterocycles. The van der Waals surface area contributed by atoms with Crippen LogP contribution in [0.4, 0.5) is 4.79 Å². The molecule has 1 atom stereocenters. The van der Waals surface area contributed by atoms with Crippen molar-refractivity contribution < 1.29 is 9.59 Å². The third-order valence-corrected chi connectivity index (χ3v) is 4.36.